The summed E-state index contributed by atoms with van der Waals surface area (Å²) in [6.07, 6.45) is 1.77. The number of hydrogen-bond acceptors (Lipinski definition) is 3. The molecule has 5 heteroatoms. The fraction of sp³-hybridized carbons (Fsp3) is 0.111. The first-order valence-corrected chi connectivity index (χ1v) is 8.70. The average Bonchev–Trinajstić information content (AvgIpc) is 2.79. The minimum atomic E-state index is -0.233. The summed E-state index contributed by atoms with van der Waals surface area (Å²) < 4.78 is 0.967. The maximum Gasteiger partial charge on any atom is 0.293 e. The Balaban J connectivity index is 1.79. The van der Waals surface area contributed by atoms with Crippen molar-refractivity contribution >= 4 is 44.9 Å². The Morgan fingerprint density at radius 3 is 2.35 bits per heavy atom. The van der Waals surface area contributed by atoms with Crippen LogP contribution in [-0.2, 0) is 11.3 Å². The third-order valence-corrected chi connectivity index (χ3v) is 4.94. The van der Waals surface area contributed by atoms with Crippen molar-refractivity contribution in [2.75, 3.05) is 0 Å². The van der Waals surface area contributed by atoms with E-state index >= 15 is 0 Å². The lowest BCUT2D eigenvalue weighted by molar-refractivity contribution is -0.123. The van der Waals surface area contributed by atoms with Crippen molar-refractivity contribution in [3.05, 3.63) is 74.6 Å². The van der Waals surface area contributed by atoms with E-state index in [2.05, 4.69) is 15.9 Å². The van der Waals surface area contributed by atoms with E-state index in [9.17, 15) is 9.59 Å². The number of carbonyl (C=O) groups is 2. The predicted molar refractivity (Wildman–Crippen MR) is 96.8 cm³/mol. The molecule has 0 atom stereocenters. The molecule has 1 aliphatic heterocycles. The van der Waals surface area contributed by atoms with Gasteiger partial charge in [-0.25, -0.2) is 0 Å². The molecule has 2 aromatic carbocycles. The molecule has 0 radical (unpaired) electrons. The van der Waals surface area contributed by atoms with Gasteiger partial charge in [0.15, 0.2) is 0 Å². The number of halogens is 1. The molecular formula is C18H14BrNO2S. The lowest BCUT2D eigenvalue weighted by atomic mass is 10.1. The van der Waals surface area contributed by atoms with E-state index in [1.807, 2.05) is 55.5 Å². The molecule has 0 spiro atoms. The second kappa shape index (κ2) is 6.72. The third-order valence-electron chi connectivity index (χ3n) is 3.50. The van der Waals surface area contributed by atoms with Crippen LogP contribution < -0.4 is 0 Å². The summed E-state index contributed by atoms with van der Waals surface area (Å²) in [5.41, 5.74) is 3.00. The zero-order valence-electron chi connectivity index (χ0n) is 12.5. The zero-order valence-corrected chi connectivity index (χ0v) is 14.9. The Morgan fingerprint density at radius 1 is 1.04 bits per heavy atom. The quantitative estimate of drug-likeness (QED) is 0.695. The van der Waals surface area contributed by atoms with Gasteiger partial charge in [-0.05, 0) is 48.0 Å². The fourth-order valence-electron chi connectivity index (χ4n) is 2.22. The first-order chi connectivity index (χ1) is 11.0. The van der Waals surface area contributed by atoms with Gasteiger partial charge in [0.05, 0.1) is 11.4 Å². The van der Waals surface area contributed by atoms with Gasteiger partial charge in [0.1, 0.15) is 0 Å². The highest BCUT2D eigenvalue weighted by atomic mass is 79.9. The maximum atomic E-state index is 12.5. The SMILES string of the molecule is Cc1ccc(/C=C2/SC(=O)N(Cc3ccc(Br)cc3)C2=O)cc1. The van der Waals surface area contributed by atoms with Crippen molar-refractivity contribution in [2.24, 2.45) is 0 Å². The van der Waals surface area contributed by atoms with E-state index in [1.165, 1.54) is 4.90 Å². The van der Waals surface area contributed by atoms with Gasteiger partial charge in [0.25, 0.3) is 11.1 Å². The molecule has 116 valence electrons. The molecule has 0 unspecified atom stereocenters. The molecule has 3 rings (SSSR count). The first-order valence-electron chi connectivity index (χ1n) is 7.09. The number of hydrogen-bond donors (Lipinski definition) is 0. The molecule has 1 heterocycles. The van der Waals surface area contributed by atoms with Crippen molar-refractivity contribution < 1.29 is 9.59 Å². The third kappa shape index (κ3) is 3.74. The summed E-state index contributed by atoms with van der Waals surface area (Å²) in [5.74, 6) is -0.233. The Morgan fingerprint density at radius 2 is 1.70 bits per heavy atom. The molecule has 1 fully saturated rings. The molecule has 0 aliphatic carbocycles. The Hall–Kier alpha value is -1.85. The normalized spacial score (nSPS) is 16.4. The van der Waals surface area contributed by atoms with Crippen LogP contribution in [0.5, 0.6) is 0 Å². The highest BCUT2D eigenvalue weighted by Gasteiger charge is 2.34. The molecule has 0 bridgehead atoms. The second-order valence-electron chi connectivity index (χ2n) is 5.31. The van der Waals surface area contributed by atoms with Gasteiger partial charge in [0, 0.05) is 4.47 Å². The van der Waals surface area contributed by atoms with Crippen molar-refractivity contribution in [1.82, 2.24) is 4.90 Å². The predicted octanol–water partition coefficient (Wildman–Crippen LogP) is 4.99. The maximum absolute atomic E-state index is 12.5. The second-order valence-corrected chi connectivity index (χ2v) is 7.21. The van der Waals surface area contributed by atoms with E-state index in [4.69, 9.17) is 0 Å². The van der Waals surface area contributed by atoms with Crippen LogP contribution in [0.15, 0.2) is 57.9 Å². The van der Waals surface area contributed by atoms with E-state index in [0.29, 0.717) is 11.4 Å². The average molecular weight is 388 g/mol. The van der Waals surface area contributed by atoms with Crippen molar-refractivity contribution in [2.45, 2.75) is 13.5 Å². The van der Waals surface area contributed by atoms with Crippen molar-refractivity contribution in [3.63, 3.8) is 0 Å². The summed E-state index contributed by atoms with van der Waals surface area (Å²) in [6.45, 7) is 2.30. The van der Waals surface area contributed by atoms with E-state index in [0.717, 1.165) is 32.9 Å². The molecule has 0 saturated carbocycles. The molecule has 1 saturated heterocycles. The van der Waals surface area contributed by atoms with E-state index in [-0.39, 0.29) is 11.1 Å². The van der Waals surface area contributed by atoms with Gasteiger partial charge in [-0.15, -0.1) is 0 Å². The van der Waals surface area contributed by atoms with Crippen LogP contribution in [0.3, 0.4) is 0 Å². The first kappa shape index (κ1) is 16.0. The van der Waals surface area contributed by atoms with Crippen LogP contribution in [0.2, 0.25) is 0 Å². The minimum absolute atomic E-state index is 0.226. The number of benzene rings is 2. The van der Waals surface area contributed by atoms with Crippen molar-refractivity contribution in [3.8, 4) is 0 Å². The molecule has 0 aromatic heterocycles. The molecule has 3 nitrogen and oxygen atoms in total. The van der Waals surface area contributed by atoms with Gasteiger partial charge in [0.2, 0.25) is 0 Å². The minimum Gasteiger partial charge on any atom is -0.268 e. The Labute approximate surface area is 147 Å². The standard InChI is InChI=1S/C18H14BrNO2S/c1-12-2-4-13(5-3-12)10-16-17(21)20(18(22)23-16)11-14-6-8-15(19)9-7-14/h2-10H,11H2,1H3/b16-10+. The van der Waals surface area contributed by atoms with Gasteiger partial charge >= 0.3 is 0 Å². The fourth-order valence-corrected chi connectivity index (χ4v) is 3.33. The molecule has 2 amide bonds. The van der Waals surface area contributed by atoms with Gasteiger partial charge in [-0.3, -0.25) is 14.5 Å². The molecule has 2 aromatic rings. The number of imide groups is 1. The van der Waals surface area contributed by atoms with Crippen LogP contribution in [0.4, 0.5) is 4.79 Å². The summed E-state index contributed by atoms with van der Waals surface area (Å²) in [4.78, 5) is 26.3. The monoisotopic (exact) mass is 387 g/mol. The van der Waals surface area contributed by atoms with Crippen LogP contribution in [0.1, 0.15) is 16.7 Å². The van der Waals surface area contributed by atoms with Crippen LogP contribution in [0, 0.1) is 6.92 Å². The lowest BCUT2D eigenvalue weighted by Crippen LogP contribution is -2.27. The highest BCUT2D eigenvalue weighted by molar-refractivity contribution is 9.10. The van der Waals surface area contributed by atoms with Gasteiger partial charge in [-0.2, -0.15) is 0 Å². The van der Waals surface area contributed by atoms with Crippen LogP contribution in [0.25, 0.3) is 6.08 Å². The van der Waals surface area contributed by atoms with Gasteiger partial charge < -0.3 is 0 Å². The number of aryl methyl sites for hydroxylation is 1. The largest absolute Gasteiger partial charge is 0.293 e. The summed E-state index contributed by atoms with van der Waals surface area (Å²) >= 11 is 4.37. The number of nitrogens with zero attached hydrogens (tertiary/aromatic N) is 1. The molecule has 23 heavy (non-hydrogen) atoms. The topological polar surface area (TPSA) is 37.4 Å². The smallest absolute Gasteiger partial charge is 0.268 e. The number of carbonyl (C=O) groups excluding carboxylic acids is 2. The summed E-state index contributed by atoms with van der Waals surface area (Å²) in [6, 6.07) is 15.5. The highest BCUT2D eigenvalue weighted by Crippen LogP contribution is 2.33. The summed E-state index contributed by atoms with van der Waals surface area (Å²) in [5, 5.41) is -0.226. The van der Waals surface area contributed by atoms with Crippen LogP contribution in [-0.4, -0.2) is 16.0 Å². The van der Waals surface area contributed by atoms with Crippen LogP contribution >= 0.6 is 27.7 Å². The van der Waals surface area contributed by atoms with Gasteiger partial charge in [-0.1, -0.05) is 57.9 Å². The lowest BCUT2D eigenvalue weighted by Gasteiger charge is -2.12. The van der Waals surface area contributed by atoms with Crippen molar-refractivity contribution in [1.29, 1.82) is 0 Å². The molecule has 1 aliphatic rings. The zero-order chi connectivity index (χ0) is 16.4. The molecular weight excluding hydrogens is 374 g/mol. The number of amides is 2. The van der Waals surface area contributed by atoms with E-state index < -0.39 is 0 Å². The molecule has 0 N–H and O–H groups in total. The van der Waals surface area contributed by atoms with E-state index in [1.54, 1.807) is 6.08 Å². The number of thioether (sulfide) groups is 1. The Kier molecular flexibility index (Phi) is 4.68. The summed E-state index contributed by atoms with van der Waals surface area (Å²) in [7, 11) is 0. The Bertz CT molecular complexity index is 782. The number of rotatable bonds is 3.